The van der Waals surface area contributed by atoms with E-state index in [4.69, 9.17) is 0 Å². The predicted octanol–water partition coefficient (Wildman–Crippen LogP) is 2.30. The van der Waals surface area contributed by atoms with Crippen molar-refractivity contribution in [2.75, 3.05) is 38.8 Å². The number of hydrazone groups is 1. The molecule has 2 aromatic rings. The van der Waals surface area contributed by atoms with E-state index in [-0.39, 0.29) is 24.6 Å². The Morgan fingerprint density at radius 2 is 1.89 bits per heavy atom. The molecule has 2 heterocycles. The van der Waals surface area contributed by atoms with Crippen LogP contribution in [0.1, 0.15) is 11.1 Å². The molecule has 2 aliphatic rings. The van der Waals surface area contributed by atoms with E-state index in [1.807, 2.05) is 19.0 Å². The summed E-state index contributed by atoms with van der Waals surface area (Å²) in [6.07, 6.45) is 0. The lowest BCUT2D eigenvalue weighted by atomic mass is 9.99. The Balaban J connectivity index is 1.86. The molecule has 1 amide bonds. The van der Waals surface area contributed by atoms with Crippen LogP contribution in [-0.2, 0) is 4.79 Å². The predicted molar refractivity (Wildman–Crippen MR) is 103 cm³/mol. The molecule has 28 heavy (non-hydrogen) atoms. The summed E-state index contributed by atoms with van der Waals surface area (Å²) in [6.45, 7) is 0.554. The summed E-state index contributed by atoms with van der Waals surface area (Å²) in [6, 6.07) is 10.5. The third-order valence-corrected chi connectivity index (χ3v) is 4.56. The molecular weight excluding hydrogens is 364 g/mol. The summed E-state index contributed by atoms with van der Waals surface area (Å²) in [5.74, 6) is -0.521. The second kappa shape index (κ2) is 7.12. The maximum atomic E-state index is 14.5. The van der Waals surface area contributed by atoms with Crippen molar-refractivity contribution in [3.05, 3.63) is 65.2 Å². The van der Waals surface area contributed by atoms with Gasteiger partial charge in [0.25, 0.3) is 5.91 Å². The highest BCUT2D eigenvalue weighted by molar-refractivity contribution is 6.21. The highest BCUT2D eigenvalue weighted by Crippen LogP contribution is 2.30. The first-order valence-corrected chi connectivity index (χ1v) is 8.83. The van der Waals surface area contributed by atoms with Crippen LogP contribution in [0.3, 0.4) is 0 Å². The number of halogens is 2. The number of fused-ring (bicyclic) bond motifs is 3. The van der Waals surface area contributed by atoms with Crippen molar-refractivity contribution in [1.82, 2.24) is 9.91 Å². The molecule has 4 rings (SSSR count). The van der Waals surface area contributed by atoms with Gasteiger partial charge in [-0.1, -0.05) is 12.1 Å². The molecule has 0 N–H and O–H groups in total. The quantitative estimate of drug-likeness (QED) is 0.817. The number of anilines is 1. The number of carbonyl (C=O) groups excluding carboxylic acids is 1. The van der Waals surface area contributed by atoms with Crippen LogP contribution >= 0.6 is 0 Å². The van der Waals surface area contributed by atoms with Crippen molar-refractivity contribution in [3.63, 3.8) is 0 Å². The van der Waals surface area contributed by atoms with E-state index in [1.165, 1.54) is 23.2 Å². The van der Waals surface area contributed by atoms with Gasteiger partial charge < -0.3 is 4.90 Å². The zero-order valence-corrected chi connectivity index (χ0v) is 15.6. The first-order chi connectivity index (χ1) is 13.4. The van der Waals surface area contributed by atoms with Gasteiger partial charge in [0.15, 0.2) is 5.84 Å². The Hall–Kier alpha value is -3.13. The average molecular weight is 383 g/mol. The first kappa shape index (κ1) is 18.2. The molecule has 0 atom stereocenters. The van der Waals surface area contributed by atoms with Crippen molar-refractivity contribution in [2.24, 2.45) is 10.1 Å². The van der Waals surface area contributed by atoms with Crippen LogP contribution in [0.5, 0.6) is 0 Å². The summed E-state index contributed by atoms with van der Waals surface area (Å²) < 4.78 is 28.5. The minimum Gasteiger partial charge on any atom is -0.317 e. The number of nitrogens with zero attached hydrogens (tertiary/aromatic N) is 5. The Labute approximate surface area is 161 Å². The lowest BCUT2D eigenvalue weighted by Crippen LogP contribution is -2.50. The van der Waals surface area contributed by atoms with Crippen LogP contribution in [0.15, 0.2) is 52.6 Å². The second-order valence-electron chi connectivity index (χ2n) is 6.92. The number of rotatable bonds is 3. The number of carbonyl (C=O) groups is 1. The Morgan fingerprint density at radius 3 is 2.64 bits per heavy atom. The lowest BCUT2D eigenvalue weighted by Gasteiger charge is -2.33. The van der Waals surface area contributed by atoms with Crippen LogP contribution < -0.4 is 4.90 Å². The Morgan fingerprint density at radius 1 is 1.11 bits per heavy atom. The minimum absolute atomic E-state index is 0.0609. The van der Waals surface area contributed by atoms with Gasteiger partial charge in [0.1, 0.15) is 18.2 Å². The van der Waals surface area contributed by atoms with Gasteiger partial charge in [-0.2, -0.15) is 5.10 Å². The number of hydrogen-bond donors (Lipinski definition) is 0. The molecule has 2 aliphatic heterocycles. The lowest BCUT2D eigenvalue weighted by molar-refractivity contribution is -0.131. The van der Waals surface area contributed by atoms with Crippen molar-refractivity contribution >= 4 is 23.1 Å². The second-order valence-corrected chi connectivity index (χ2v) is 6.92. The maximum absolute atomic E-state index is 14.5. The molecule has 0 saturated carbocycles. The molecule has 0 bridgehead atoms. The monoisotopic (exact) mass is 383 g/mol. The molecule has 0 radical (unpaired) electrons. The molecule has 0 spiro atoms. The number of hydrogen-bond acceptors (Lipinski definition) is 5. The molecule has 8 heteroatoms. The van der Waals surface area contributed by atoms with E-state index in [1.54, 1.807) is 29.2 Å². The van der Waals surface area contributed by atoms with Gasteiger partial charge in [-0.25, -0.2) is 13.8 Å². The summed E-state index contributed by atoms with van der Waals surface area (Å²) in [5.41, 5.74) is 1.64. The molecule has 0 aliphatic carbocycles. The maximum Gasteiger partial charge on any atom is 0.263 e. The summed E-state index contributed by atoms with van der Waals surface area (Å²) >= 11 is 0. The molecule has 144 valence electrons. The number of aliphatic imine (C=N–C) groups is 1. The van der Waals surface area contributed by atoms with Gasteiger partial charge in [0.2, 0.25) is 0 Å². The minimum atomic E-state index is -0.458. The van der Waals surface area contributed by atoms with Crippen molar-refractivity contribution < 1.29 is 13.6 Å². The summed E-state index contributed by atoms with van der Waals surface area (Å²) in [7, 11) is 3.69. The zero-order chi connectivity index (χ0) is 19.8. The van der Waals surface area contributed by atoms with Crippen LogP contribution in [0.4, 0.5) is 14.5 Å². The number of amidine groups is 1. The van der Waals surface area contributed by atoms with Crippen molar-refractivity contribution in [1.29, 1.82) is 0 Å². The topological polar surface area (TPSA) is 51.5 Å². The van der Waals surface area contributed by atoms with E-state index < -0.39 is 11.6 Å². The summed E-state index contributed by atoms with van der Waals surface area (Å²) in [4.78, 5) is 20.7. The number of amides is 1. The molecule has 6 nitrogen and oxygen atoms in total. The van der Waals surface area contributed by atoms with E-state index in [9.17, 15) is 13.6 Å². The van der Waals surface area contributed by atoms with E-state index in [2.05, 4.69) is 10.1 Å². The van der Waals surface area contributed by atoms with Gasteiger partial charge in [0.05, 0.1) is 24.6 Å². The largest absolute Gasteiger partial charge is 0.317 e. The zero-order valence-electron chi connectivity index (χ0n) is 15.6. The van der Waals surface area contributed by atoms with Crippen LogP contribution in [0.25, 0.3) is 0 Å². The SMILES string of the molecule is CN(C)CN1N=C2CN=C(c3ccccc3F)c3cc(F)ccc3N2CC1=O. The number of benzene rings is 2. The smallest absolute Gasteiger partial charge is 0.263 e. The van der Waals surface area contributed by atoms with Crippen LogP contribution in [0.2, 0.25) is 0 Å². The normalized spacial score (nSPS) is 16.4. The molecule has 0 saturated heterocycles. The van der Waals surface area contributed by atoms with Gasteiger partial charge in [-0.15, -0.1) is 0 Å². The standard InChI is InChI=1S/C20H19F2N5O/c1-25(2)12-27-19(28)11-26-17-8-7-13(21)9-15(17)20(23-10-18(26)24-27)14-5-3-4-6-16(14)22/h3-9H,10-12H2,1-2H3. The summed E-state index contributed by atoms with van der Waals surface area (Å²) in [5, 5.41) is 5.83. The fourth-order valence-electron chi connectivity index (χ4n) is 3.33. The fourth-order valence-corrected chi connectivity index (χ4v) is 3.33. The molecule has 0 unspecified atom stereocenters. The Bertz CT molecular complexity index is 1000. The van der Waals surface area contributed by atoms with Gasteiger partial charge in [-0.05, 0) is 44.4 Å². The third kappa shape index (κ3) is 3.27. The van der Waals surface area contributed by atoms with E-state index in [0.29, 0.717) is 29.5 Å². The fraction of sp³-hybridized carbons (Fsp3) is 0.250. The average Bonchev–Trinajstić information content (AvgIpc) is 2.79. The Kier molecular flexibility index (Phi) is 4.64. The van der Waals surface area contributed by atoms with Crippen LogP contribution in [-0.4, -0.2) is 61.2 Å². The van der Waals surface area contributed by atoms with Crippen molar-refractivity contribution in [2.45, 2.75) is 0 Å². The van der Waals surface area contributed by atoms with E-state index in [0.717, 1.165) is 0 Å². The molecule has 0 fully saturated rings. The highest BCUT2D eigenvalue weighted by atomic mass is 19.1. The van der Waals surface area contributed by atoms with E-state index >= 15 is 0 Å². The van der Waals surface area contributed by atoms with Crippen LogP contribution in [0, 0.1) is 11.6 Å². The van der Waals surface area contributed by atoms with Crippen molar-refractivity contribution in [3.8, 4) is 0 Å². The van der Waals surface area contributed by atoms with Gasteiger partial charge >= 0.3 is 0 Å². The molecular formula is C20H19F2N5O. The van der Waals surface area contributed by atoms with Gasteiger partial charge in [-0.3, -0.25) is 14.7 Å². The molecule has 0 aromatic heterocycles. The van der Waals surface area contributed by atoms with Gasteiger partial charge in [0, 0.05) is 11.1 Å². The molecule has 2 aromatic carbocycles. The highest BCUT2D eigenvalue weighted by Gasteiger charge is 2.32. The third-order valence-electron chi connectivity index (χ3n) is 4.56. The first-order valence-electron chi connectivity index (χ1n) is 8.83.